The van der Waals surface area contributed by atoms with Crippen molar-refractivity contribution in [1.29, 1.82) is 0 Å². The van der Waals surface area contributed by atoms with Gasteiger partial charge in [0.1, 0.15) is 0 Å². The van der Waals surface area contributed by atoms with E-state index in [2.05, 4.69) is 16.9 Å². The van der Waals surface area contributed by atoms with Crippen molar-refractivity contribution in [3.05, 3.63) is 28.9 Å². The van der Waals surface area contributed by atoms with E-state index in [9.17, 15) is 9.59 Å². The van der Waals surface area contributed by atoms with E-state index in [1.165, 1.54) is 19.3 Å². The molecule has 0 spiro atoms. The van der Waals surface area contributed by atoms with Crippen LogP contribution in [0.25, 0.3) is 11.2 Å². The zero-order valence-electron chi connectivity index (χ0n) is 13.3. The third-order valence-corrected chi connectivity index (χ3v) is 3.50. The van der Waals surface area contributed by atoms with Gasteiger partial charge in [0, 0.05) is 12.1 Å². The van der Waals surface area contributed by atoms with Gasteiger partial charge in [-0.3, -0.25) is 9.78 Å². The molecule has 2 heterocycles. The molecule has 0 radical (unpaired) electrons. The maximum absolute atomic E-state index is 10.8. The third kappa shape index (κ3) is 6.11. The lowest BCUT2D eigenvalue weighted by Crippen LogP contribution is -2.22. The molecule has 0 aliphatic rings. The number of H-pyrrole nitrogens is 1. The Morgan fingerprint density at radius 1 is 1.36 bits per heavy atom. The van der Waals surface area contributed by atoms with E-state index in [0.29, 0.717) is 11.2 Å². The summed E-state index contributed by atoms with van der Waals surface area (Å²) in [6.45, 7) is 4.21. The lowest BCUT2D eigenvalue weighted by atomic mass is 9.98. The lowest BCUT2D eigenvalue weighted by molar-refractivity contribution is -0.122. The molecular formula is C16H25N3O3. The van der Waals surface area contributed by atoms with Gasteiger partial charge in [0.2, 0.25) is 5.91 Å². The highest BCUT2D eigenvalue weighted by Gasteiger charge is 2.11. The van der Waals surface area contributed by atoms with Gasteiger partial charge in [-0.25, -0.2) is 9.78 Å². The smallest absolute Gasteiger partial charge is 0.406 e. The van der Waals surface area contributed by atoms with Gasteiger partial charge in [-0.2, -0.15) is 0 Å². The molecule has 0 aliphatic heterocycles. The summed E-state index contributed by atoms with van der Waals surface area (Å²) in [5.41, 5.74) is 6.21. The zero-order valence-corrected chi connectivity index (χ0v) is 13.3. The largest absolute Gasteiger partial charge is 0.418 e. The summed E-state index contributed by atoms with van der Waals surface area (Å²) in [4.78, 5) is 27.6. The number of aromatic amines is 1. The Balaban J connectivity index is 0.000000222. The molecule has 0 saturated carbocycles. The van der Waals surface area contributed by atoms with E-state index in [4.69, 9.17) is 10.2 Å². The number of nitrogens with zero attached hydrogens (tertiary/aromatic N) is 1. The molecule has 1 unspecified atom stereocenters. The first kappa shape index (κ1) is 17.9. The highest BCUT2D eigenvalue weighted by Crippen LogP contribution is 2.13. The summed E-state index contributed by atoms with van der Waals surface area (Å²) in [5.74, 6) is -0.482. The second-order valence-electron chi connectivity index (χ2n) is 5.22. The first-order valence-electron chi connectivity index (χ1n) is 7.81. The van der Waals surface area contributed by atoms with Crippen molar-refractivity contribution in [3.63, 3.8) is 0 Å². The number of nitrogens with two attached hydrogens (primary N) is 1. The summed E-state index contributed by atoms with van der Waals surface area (Å²) in [5, 5.41) is 0. The maximum atomic E-state index is 10.8. The number of hydrogen-bond donors (Lipinski definition) is 2. The van der Waals surface area contributed by atoms with Gasteiger partial charge in [-0.15, -0.1) is 0 Å². The first-order valence-corrected chi connectivity index (χ1v) is 7.81. The van der Waals surface area contributed by atoms with Crippen LogP contribution >= 0.6 is 0 Å². The first-order chi connectivity index (χ1) is 10.6. The second kappa shape index (κ2) is 9.76. The van der Waals surface area contributed by atoms with E-state index in [-0.39, 0.29) is 11.8 Å². The van der Waals surface area contributed by atoms with E-state index in [1.54, 1.807) is 18.3 Å². The Morgan fingerprint density at radius 2 is 2.14 bits per heavy atom. The summed E-state index contributed by atoms with van der Waals surface area (Å²) in [7, 11) is 0. The van der Waals surface area contributed by atoms with Crippen LogP contribution in [0.4, 0.5) is 0 Å². The minimum absolute atomic E-state index is 0.113. The van der Waals surface area contributed by atoms with Crippen LogP contribution in [-0.4, -0.2) is 15.9 Å². The standard InChI is InChI=1S/C10H21NO.C6H4N2O2/c1-3-5-6-7-8-9(4-2)10(11)12;9-6-8-5-4(10-6)2-1-3-7-5/h9H,3-8H2,1-2H3,(H2,11,12);1-3H,(H,7,8,9). The summed E-state index contributed by atoms with van der Waals surface area (Å²) < 4.78 is 4.69. The Bertz CT molecular complexity index is 582. The average molecular weight is 307 g/mol. The van der Waals surface area contributed by atoms with Gasteiger partial charge in [0.25, 0.3) is 0 Å². The van der Waals surface area contributed by atoms with Crippen LogP contribution < -0.4 is 11.5 Å². The van der Waals surface area contributed by atoms with E-state index in [0.717, 1.165) is 19.3 Å². The molecule has 0 aromatic carbocycles. The highest BCUT2D eigenvalue weighted by atomic mass is 16.4. The van der Waals surface area contributed by atoms with E-state index < -0.39 is 5.76 Å². The number of carbonyl (C=O) groups excluding carboxylic acids is 1. The molecule has 22 heavy (non-hydrogen) atoms. The summed E-state index contributed by atoms with van der Waals surface area (Å²) in [6, 6.07) is 3.39. The molecule has 0 fully saturated rings. The molecule has 0 saturated heterocycles. The van der Waals surface area contributed by atoms with Crippen LogP contribution in [0.5, 0.6) is 0 Å². The van der Waals surface area contributed by atoms with Crippen LogP contribution in [0.15, 0.2) is 27.5 Å². The Hall–Kier alpha value is -2.11. The number of nitrogens with one attached hydrogen (secondary N) is 1. The fraction of sp³-hybridized carbons (Fsp3) is 0.562. The number of unbranched alkanes of at least 4 members (excludes halogenated alkanes) is 3. The molecule has 2 aromatic heterocycles. The number of oxazole rings is 1. The number of fused-ring (bicyclic) bond motifs is 1. The fourth-order valence-corrected chi connectivity index (χ4v) is 2.15. The van der Waals surface area contributed by atoms with Gasteiger partial charge in [0.15, 0.2) is 11.2 Å². The van der Waals surface area contributed by atoms with Crippen LogP contribution in [0, 0.1) is 5.92 Å². The molecule has 0 bridgehead atoms. The normalized spacial score (nSPS) is 11.7. The molecule has 1 atom stereocenters. The Labute approximate surface area is 130 Å². The molecule has 3 N–H and O–H groups in total. The van der Waals surface area contributed by atoms with Crippen LogP contribution in [0.1, 0.15) is 52.4 Å². The zero-order chi connectivity index (χ0) is 16.4. The van der Waals surface area contributed by atoms with E-state index >= 15 is 0 Å². The van der Waals surface area contributed by atoms with E-state index in [1.807, 2.05) is 6.92 Å². The summed E-state index contributed by atoms with van der Waals surface area (Å²) >= 11 is 0. The molecule has 2 aromatic rings. The number of primary amides is 1. The topological polar surface area (TPSA) is 102 Å². The summed E-state index contributed by atoms with van der Waals surface area (Å²) in [6.07, 6.45) is 8.36. The van der Waals surface area contributed by atoms with Gasteiger partial charge in [-0.05, 0) is 25.0 Å². The number of aromatic nitrogens is 2. The number of pyridine rings is 1. The molecule has 0 aliphatic carbocycles. The second-order valence-corrected chi connectivity index (χ2v) is 5.22. The number of amides is 1. The van der Waals surface area contributed by atoms with Crippen LogP contribution in [-0.2, 0) is 4.79 Å². The Kier molecular flexibility index (Phi) is 7.96. The van der Waals surface area contributed by atoms with Crippen molar-refractivity contribution < 1.29 is 9.21 Å². The van der Waals surface area contributed by atoms with Crippen molar-refractivity contribution in [2.75, 3.05) is 0 Å². The minimum Gasteiger partial charge on any atom is -0.406 e. The van der Waals surface area contributed by atoms with Crippen molar-refractivity contribution in [2.24, 2.45) is 11.7 Å². The minimum atomic E-state index is -0.464. The van der Waals surface area contributed by atoms with Crippen LogP contribution in [0.2, 0.25) is 0 Å². The monoisotopic (exact) mass is 307 g/mol. The molecule has 2 rings (SSSR count). The SMILES string of the molecule is CCCCCCC(CC)C(N)=O.O=c1[nH]c2ncccc2o1. The number of hydrogen-bond acceptors (Lipinski definition) is 4. The highest BCUT2D eigenvalue weighted by molar-refractivity contribution is 5.76. The predicted octanol–water partition coefficient (Wildman–Crippen LogP) is 2.98. The molecule has 6 heteroatoms. The quantitative estimate of drug-likeness (QED) is 0.767. The lowest BCUT2D eigenvalue weighted by Gasteiger charge is -2.09. The van der Waals surface area contributed by atoms with Crippen molar-refractivity contribution in [3.8, 4) is 0 Å². The number of carbonyl (C=O) groups is 1. The third-order valence-electron chi connectivity index (χ3n) is 3.50. The molecule has 122 valence electrons. The predicted molar refractivity (Wildman–Crippen MR) is 86.4 cm³/mol. The maximum Gasteiger partial charge on any atom is 0.418 e. The van der Waals surface area contributed by atoms with Crippen molar-refractivity contribution >= 4 is 17.1 Å². The molecular weight excluding hydrogens is 282 g/mol. The fourth-order valence-electron chi connectivity index (χ4n) is 2.15. The van der Waals surface area contributed by atoms with Crippen LogP contribution in [0.3, 0.4) is 0 Å². The van der Waals surface area contributed by atoms with Gasteiger partial charge >= 0.3 is 5.76 Å². The Morgan fingerprint density at radius 3 is 2.73 bits per heavy atom. The molecule has 6 nitrogen and oxygen atoms in total. The molecule has 1 amide bonds. The van der Waals surface area contributed by atoms with Gasteiger partial charge in [0.05, 0.1) is 0 Å². The van der Waals surface area contributed by atoms with Crippen molar-refractivity contribution in [2.45, 2.75) is 52.4 Å². The number of rotatable bonds is 7. The average Bonchev–Trinajstić information content (AvgIpc) is 2.87. The van der Waals surface area contributed by atoms with Crippen molar-refractivity contribution in [1.82, 2.24) is 9.97 Å². The van der Waals surface area contributed by atoms with Gasteiger partial charge < -0.3 is 10.2 Å². The van der Waals surface area contributed by atoms with Gasteiger partial charge in [-0.1, -0.05) is 39.5 Å².